The monoisotopic (exact) mass is 317 g/mol. The maximum absolute atomic E-state index is 12.2. The van der Waals surface area contributed by atoms with Gasteiger partial charge in [0, 0.05) is 30.2 Å². The Labute approximate surface area is 135 Å². The van der Waals surface area contributed by atoms with Crippen molar-refractivity contribution in [1.82, 2.24) is 15.2 Å². The van der Waals surface area contributed by atoms with E-state index in [9.17, 15) is 9.90 Å². The molecule has 2 heterocycles. The zero-order chi connectivity index (χ0) is 16.2. The molecule has 1 atom stereocenters. The minimum atomic E-state index is -0.0895. The lowest BCUT2D eigenvalue weighted by Crippen LogP contribution is -2.44. The smallest absolute Gasteiger partial charge is 0.317 e. The first-order valence-corrected chi connectivity index (χ1v) is 8.03. The molecule has 3 N–H and O–H groups in total. The summed E-state index contributed by atoms with van der Waals surface area (Å²) < 4.78 is 5.42. The van der Waals surface area contributed by atoms with Crippen LogP contribution in [0.3, 0.4) is 0 Å². The summed E-state index contributed by atoms with van der Waals surface area (Å²) in [5, 5.41) is 13.3. The number of ether oxygens (including phenoxy) is 1. The van der Waals surface area contributed by atoms with Gasteiger partial charge >= 0.3 is 6.03 Å². The van der Waals surface area contributed by atoms with Gasteiger partial charge in [0.2, 0.25) is 0 Å². The number of amides is 2. The Morgan fingerprint density at radius 1 is 1.52 bits per heavy atom. The van der Waals surface area contributed by atoms with Crippen molar-refractivity contribution in [3.63, 3.8) is 0 Å². The van der Waals surface area contributed by atoms with Gasteiger partial charge in [0.25, 0.3) is 0 Å². The average Bonchev–Trinajstić information content (AvgIpc) is 3.21. The van der Waals surface area contributed by atoms with Gasteiger partial charge in [-0.15, -0.1) is 0 Å². The van der Waals surface area contributed by atoms with E-state index in [0.717, 1.165) is 48.0 Å². The molecule has 6 nitrogen and oxygen atoms in total. The average molecular weight is 317 g/mol. The van der Waals surface area contributed by atoms with Crippen molar-refractivity contribution < 1.29 is 14.6 Å². The van der Waals surface area contributed by atoms with Crippen molar-refractivity contribution >= 4 is 16.9 Å². The maximum atomic E-state index is 12.2. The van der Waals surface area contributed by atoms with Crippen LogP contribution < -0.4 is 10.1 Å². The Bertz CT molecular complexity index is 683. The number of likely N-dealkylation sites (tertiary alicyclic amines) is 1. The van der Waals surface area contributed by atoms with E-state index in [2.05, 4.69) is 10.3 Å². The summed E-state index contributed by atoms with van der Waals surface area (Å²) >= 11 is 0. The van der Waals surface area contributed by atoms with Gasteiger partial charge in [0.1, 0.15) is 5.75 Å². The number of hydrogen-bond acceptors (Lipinski definition) is 3. The highest BCUT2D eigenvalue weighted by atomic mass is 16.5. The van der Waals surface area contributed by atoms with Gasteiger partial charge in [-0.05, 0) is 37.0 Å². The Kier molecular flexibility index (Phi) is 4.71. The number of carbonyl (C=O) groups excluding carboxylic acids is 1. The number of hydrogen-bond donors (Lipinski definition) is 3. The summed E-state index contributed by atoms with van der Waals surface area (Å²) in [5.74, 6) is 0.838. The second kappa shape index (κ2) is 6.91. The SMILES string of the molecule is COc1cccc2[nH]cc(CCNC(=O)N3CCC[C@H]3CO)c12. The number of aromatic nitrogens is 1. The number of nitrogens with zero attached hydrogens (tertiary/aromatic N) is 1. The fourth-order valence-electron chi connectivity index (χ4n) is 3.29. The van der Waals surface area contributed by atoms with Crippen LogP contribution in [0, 0.1) is 0 Å². The molecule has 0 radical (unpaired) electrons. The summed E-state index contributed by atoms with van der Waals surface area (Å²) in [4.78, 5) is 17.2. The van der Waals surface area contributed by atoms with Crippen LogP contribution in [-0.2, 0) is 6.42 Å². The molecule has 3 rings (SSSR count). The van der Waals surface area contributed by atoms with Gasteiger partial charge < -0.3 is 25.0 Å². The fourth-order valence-corrected chi connectivity index (χ4v) is 3.29. The predicted molar refractivity (Wildman–Crippen MR) is 88.8 cm³/mol. The molecule has 2 amide bonds. The van der Waals surface area contributed by atoms with E-state index < -0.39 is 0 Å². The lowest BCUT2D eigenvalue weighted by atomic mass is 10.1. The van der Waals surface area contributed by atoms with E-state index in [-0.39, 0.29) is 18.7 Å². The quantitative estimate of drug-likeness (QED) is 0.788. The summed E-state index contributed by atoms with van der Waals surface area (Å²) in [7, 11) is 1.66. The molecule has 6 heteroatoms. The normalized spacial score (nSPS) is 17.7. The third-order valence-electron chi connectivity index (χ3n) is 4.49. The first-order chi connectivity index (χ1) is 11.2. The molecule has 1 aliphatic rings. The number of aliphatic hydroxyl groups excluding tert-OH is 1. The molecular formula is C17H23N3O3. The third kappa shape index (κ3) is 3.12. The third-order valence-corrected chi connectivity index (χ3v) is 4.49. The van der Waals surface area contributed by atoms with Crippen molar-refractivity contribution in [1.29, 1.82) is 0 Å². The van der Waals surface area contributed by atoms with Crippen molar-refractivity contribution in [2.75, 3.05) is 26.8 Å². The molecule has 0 unspecified atom stereocenters. The lowest BCUT2D eigenvalue weighted by Gasteiger charge is -2.23. The van der Waals surface area contributed by atoms with Crippen molar-refractivity contribution in [2.24, 2.45) is 0 Å². The van der Waals surface area contributed by atoms with Gasteiger partial charge in [-0.25, -0.2) is 4.79 Å². The molecule has 1 aromatic heterocycles. The number of rotatable bonds is 5. The molecule has 23 heavy (non-hydrogen) atoms. The summed E-state index contributed by atoms with van der Waals surface area (Å²) in [6.07, 6.45) is 4.53. The Morgan fingerprint density at radius 3 is 3.17 bits per heavy atom. The Balaban J connectivity index is 1.62. The fraction of sp³-hybridized carbons (Fsp3) is 0.471. The van der Waals surface area contributed by atoms with E-state index in [4.69, 9.17) is 4.74 Å². The van der Waals surface area contributed by atoms with Crippen molar-refractivity contribution in [3.8, 4) is 5.75 Å². The van der Waals surface area contributed by atoms with Crippen LogP contribution in [0.1, 0.15) is 18.4 Å². The van der Waals surface area contributed by atoms with Crippen LogP contribution >= 0.6 is 0 Å². The van der Waals surface area contributed by atoms with Crippen LogP contribution in [0.25, 0.3) is 10.9 Å². The first kappa shape index (κ1) is 15.7. The van der Waals surface area contributed by atoms with Crippen molar-refractivity contribution in [2.45, 2.75) is 25.3 Å². The number of fused-ring (bicyclic) bond motifs is 1. The number of carbonyl (C=O) groups is 1. The van der Waals surface area contributed by atoms with E-state index in [1.54, 1.807) is 12.0 Å². The second-order valence-electron chi connectivity index (χ2n) is 5.85. The second-order valence-corrected chi connectivity index (χ2v) is 5.85. The number of urea groups is 1. The van der Waals surface area contributed by atoms with Gasteiger partial charge in [0.05, 0.1) is 19.8 Å². The van der Waals surface area contributed by atoms with Gasteiger partial charge in [0.15, 0.2) is 0 Å². The molecule has 1 aliphatic heterocycles. The first-order valence-electron chi connectivity index (χ1n) is 8.03. The van der Waals surface area contributed by atoms with Gasteiger partial charge in [-0.1, -0.05) is 6.07 Å². The number of aliphatic hydroxyl groups is 1. The number of aromatic amines is 1. The number of H-pyrrole nitrogens is 1. The van der Waals surface area contributed by atoms with E-state index in [1.807, 2.05) is 24.4 Å². The molecule has 0 bridgehead atoms. The molecular weight excluding hydrogens is 294 g/mol. The largest absolute Gasteiger partial charge is 0.496 e. The predicted octanol–water partition coefficient (Wildman–Crippen LogP) is 1.89. The van der Waals surface area contributed by atoms with E-state index >= 15 is 0 Å². The summed E-state index contributed by atoms with van der Waals surface area (Å²) in [6, 6.07) is 5.77. The minimum absolute atomic E-state index is 0.0348. The number of benzene rings is 1. The standard InChI is InChI=1S/C17H23N3O3/c1-23-15-6-2-5-14-16(15)12(10-19-14)7-8-18-17(22)20-9-3-4-13(20)11-21/h2,5-6,10,13,19,21H,3-4,7-9,11H2,1H3,(H,18,22)/t13-/m0/s1. The van der Waals surface area contributed by atoms with Crippen LogP contribution in [-0.4, -0.2) is 53.9 Å². The van der Waals surface area contributed by atoms with Crippen LogP contribution in [0.5, 0.6) is 5.75 Å². The minimum Gasteiger partial charge on any atom is -0.496 e. The van der Waals surface area contributed by atoms with E-state index in [0.29, 0.717) is 6.54 Å². The van der Waals surface area contributed by atoms with Crippen LogP contribution in [0.15, 0.2) is 24.4 Å². The highest BCUT2D eigenvalue weighted by Crippen LogP contribution is 2.28. The van der Waals surface area contributed by atoms with Crippen LogP contribution in [0.4, 0.5) is 4.79 Å². The highest BCUT2D eigenvalue weighted by molar-refractivity contribution is 5.89. The maximum Gasteiger partial charge on any atom is 0.317 e. The number of methoxy groups -OCH3 is 1. The molecule has 1 saturated heterocycles. The molecule has 124 valence electrons. The lowest BCUT2D eigenvalue weighted by molar-refractivity contribution is 0.157. The molecule has 1 fully saturated rings. The molecule has 2 aromatic rings. The van der Waals surface area contributed by atoms with Crippen LogP contribution in [0.2, 0.25) is 0 Å². The topological polar surface area (TPSA) is 77.6 Å². The summed E-state index contributed by atoms with van der Waals surface area (Å²) in [5.41, 5.74) is 2.16. The van der Waals surface area contributed by atoms with Gasteiger partial charge in [-0.3, -0.25) is 0 Å². The zero-order valence-electron chi connectivity index (χ0n) is 13.3. The Hall–Kier alpha value is -2.21. The molecule has 0 spiro atoms. The zero-order valence-corrected chi connectivity index (χ0v) is 13.3. The summed E-state index contributed by atoms with van der Waals surface area (Å²) in [6.45, 7) is 1.31. The highest BCUT2D eigenvalue weighted by Gasteiger charge is 2.27. The van der Waals surface area contributed by atoms with E-state index in [1.165, 1.54) is 0 Å². The Morgan fingerprint density at radius 2 is 2.39 bits per heavy atom. The van der Waals surface area contributed by atoms with Crippen molar-refractivity contribution in [3.05, 3.63) is 30.0 Å². The molecule has 1 aromatic carbocycles. The number of nitrogens with one attached hydrogen (secondary N) is 2. The van der Waals surface area contributed by atoms with Gasteiger partial charge in [-0.2, -0.15) is 0 Å². The molecule has 0 aliphatic carbocycles. The molecule has 0 saturated carbocycles.